The van der Waals surface area contributed by atoms with Crippen LogP contribution in [0.1, 0.15) is 24.2 Å². The normalized spacial score (nSPS) is 11.7. The van der Waals surface area contributed by atoms with E-state index in [1.807, 2.05) is 6.92 Å². The Morgan fingerprint density at radius 2 is 2.00 bits per heavy atom. The number of ether oxygens (including phenoxy) is 1. The molecule has 0 aliphatic heterocycles. The van der Waals surface area contributed by atoms with Crippen LogP contribution in [0.4, 0.5) is 0 Å². The first-order chi connectivity index (χ1) is 8.60. The van der Waals surface area contributed by atoms with Gasteiger partial charge in [0, 0.05) is 31.0 Å². The second-order valence-electron chi connectivity index (χ2n) is 4.00. The Morgan fingerprint density at radius 1 is 1.39 bits per heavy atom. The van der Waals surface area contributed by atoms with Gasteiger partial charge in [-0.1, -0.05) is 6.92 Å². The number of esters is 1. The molecule has 5 heteroatoms. The van der Waals surface area contributed by atoms with Gasteiger partial charge in [-0.15, -0.1) is 0 Å². The smallest absolute Gasteiger partial charge is 0.310 e. The first kappa shape index (κ1) is 14.2. The van der Waals surface area contributed by atoms with Gasteiger partial charge in [-0.05, 0) is 19.1 Å². The molecular formula is C13H18N2O3. The number of hydrogen-bond donors (Lipinski definition) is 0. The van der Waals surface area contributed by atoms with E-state index in [0.29, 0.717) is 18.7 Å². The van der Waals surface area contributed by atoms with Crippen molar-refractivity contribution in [2.24, 2.45) is 5.92 Å². The molecule has 98 valence electrons. The minimum absolute atomic E-state index is 0.101. The summed E-state index contributed by atoms with van der Waals surface area (Å²) in [6.07, 6.45) is 3.15. The van der Waals surface area contributed by atoms with Gasteiger partial charge in [-0.25, -0.2) is 0 Å². The third-order valence-corrected chi connectivity index (χ3v) is 2.69. The Hall–Kier alpha value is -1.91. The van der Waals surface area contributed by atoms with Gasteiger partial charge in [0.05, 0.1) is 13.0 Å². The van der Waals surface area contributed by atoms with Crippen molar-refractivity contribution < 1.29 is 14.3 Å². The van der Waals surface area contributed by atoms with E-state index in [-0.39, 0.29) is 17.8 Å². The highest BCUT2D eigenvalue weighted by Gasteiger charge is 2.21. The highest BCUT2D eigenvalue weighted by Crippen LogP contribution is 2.08. The molecule has 1 aromatic rings. The molecule has 5 nitrogen and oxygen atoms in total. The van der Waals surface area contributed by atoms with Crippen molar-refractivity contribution in [1.29, 1.82) is 0 Å². The monoisotopic (exact) mass is 250 g/mol. The van der Waals surface area contributed by atoms with E-state index in [2.05, 4.69) is 9.72 Å². The molecule has 0 spiro atoms. The van der Waals surface area contributed by atoms with E-state index in [4.69, 9.17) is 0 Å². The van der Waals surface area contributed by atoms with Gasteiger partial charge in [-0.3, -0.25) is 14.6 Å². The minimum Gasteiger partial charge on any atom is -0.469 e. The maximum Gasteiger partial charge on any atom is 0.310 e. The van der Waals surface area contributed by atoms with E-state index in [0.717, 1.165) is 0 Å². The molecule has 1 atom stereocenters. The fraction of sp³-hybridized carbons (Fsp3) is 0.462. The third kappa shape index (κ3) is 3.55. The number of rotatable bonds is 5. The molecule has 1 aromatic heterocycles. The lowest BCUT2D eigenvalue weighted by molar-refractivity contribution is -0.145. The highest BCUT2D eigenvalue weighted by molar-refractivity contribution is 5.94. The van der Waals surface area contributed by atoms with Crippen LogP contribution in [0.5, 0.6) is 0 Å². The van der Waals surface area contributed by atoms with E-state index >= 15 is 0 Å². The van der Waals surface area contributed by atoms with Crippen LogP contribution in [0.25, 0.3) is 0 Å². The van der Waals surface area contributed by atoms with Crippen LogP contribution >= 0.6 is 0 Å². The summed E-state index contributed by atoms with van der Waals surface area (Å²) in [7, 11) is 1.35. The quantitative estimate of drug-likeness (QED) is 0.740. The zero-order valence-corrected chi connectivity index (χ0v) is 10.9. The number of nitrogens with zero attached hydrogens (tertiary/aromatic N) is 2. The van der Waals surface area contributed by atoms with Gasteiger partial charge in [0.15, 0.2) is 0 Å². The van der Waals surface area contributed by atoms with Crippen molar-refractivity contribution in [2.45, 2.75) is 13.8 Å². The number of amides is 1. The van der Waals surface area contributed by atoms with Crippen LogP contribution in [-0.4, -0.2) is 42.0 Å². The molecule has 0 bridgehead atoms. The Kier molecular flexibility index (Phi) is 5.30. The van der Waals surface area contributed by atoms with Gasteiger partial charge in [0.25, 0.3) is 5.91 Å². The summed E-state index contributed by atoms with van der Waals surface area (Å²) in [5.41, 5.74) is 0.573. The van der Waals surface area contributed by atoms with E-state index in [9.17, 15) is 9.59 Å². The van der Waals surface area contributed by atoms with Crippen LogP contribution in [0.15, 0.2) is 24.5 Å². The summed E-state index contributed by atoms with van der Waals surface area (Å²) < 4.78 is 4.66. The Labute approximate surface area is 107 Å². The molecule has 0 saturated carbocycles. The van der Waals surface area contributed by atoms with Crippen molar-refractivity contribution in [3.63, 3.8) is 0 Å². The third-order valence-electron chi connectivity index (χ3n) is 2.69. The van der Waals surface area contributed by atoms with Crippen LogP contribution in [0, 0.1) is 5.92 Å². The van der Waals surface area contributed by atoms with Crippen LogP contribution in [0.3, 0.4) is 0 Å². The van der Waals surface area contributed by atoms with Crippen molar-refractivity contribution in [3.05, 3.63) is 30.1 Å². The first-order valence-electron chi connectivity index (χ1n) is 5.87. The molecule has 1 rings (SSSR count). The molecule has 1 amide bonds. The number of methoxy groups -OCH3 is 1. The summed E-state index contributed by atoms with van der Waals surface area (Å²) in [5.74, 6) is -0.743. The molecular weight excluding hydrogens is 232 g/mol. The fourth-order valence-corrected chi connectivity index (χ4v) is 1.64. The number of hydrogen-bond acceptors (Lipinski definition) is 4. The maximum atomic E-state index is 12.2. The Morgan fingerprint density at radius 3 is 2.50 bits per heavy atom. The Bertz CT molecular complexity index is 406. The number of pyridine rings is 1. The SMILES string of the molecule is CCN(CC(C)C(=O)OC)C(=O)c1ccncc1. The van der Waals surface area contributed by atoms with Gasteiger partial charge in [0.2, 0.25) is 0 Å². The van der Waals surface area contributed by atoms with Crippen LogP contribution < -0.4 is 0 Å². The molecule has 0 fully saturated rings. The summed E-state index contributed by atoms with van der Waals surface area (Å²) in [5, 5.41) is 0. The van der Waals surface area contributed by atoms with Gasteiger partial charge in [-0.2, -0.15) is 0 Å². The molecule has 0 aliphatic carbocycles. The molecule has 0 radical (unpaired) electrons. The molecule has 0 saturated heterocycles. The summed E-state index contributed by atoms with van der Waals surface area (Å²) in [4.78, 5) is 29.0. The summed E-state index contributed by atoms with van der Waals surface area (Å²) in [6.45, 7) is 4.52. The second-order valence-corrected chi connectivity index (χ2v) is 4.00. The zero-order chi connectivity index (χ0) is 13.5. The second kappa shape index (κ2) is 6.74. The molecule has 1 unspecified atom stereocenters. The standard InChI is InChI=1S/C13H18N2O3/c1-4-15(9-10(2)13(17)18-3)12(16)11-5-7-14-8-6-11/h5-8,10H,4,9H2,1-3H3. The maximum absolute atomic E-state index is 12.2. The number of carbonyl (C=O) groups excluding carboxylic acids is 2. The lowest BCUT2D eigenvalue weighted by atomic mass is 10.1. The Balaban J connectivity index is 2.72. The molecule has 1 heterocycles. The van der Waals surface area contributed by atoms with Crippen molar-refractivity contribution in [2.75, 3.05) is 20.2 Å². The molecule has 0 aromatic carbocycles. The predicted octanol–water partition coefficient (Wildman–Crippen LogP) is 1.35. The highest BCUT2D eigenvalue weighted by atomic mass is 16.5. The average Bonchev–Trinajstić information content (AvgIpc) is 2.43. The van der Waals surface area contributed by atoms with Gasteiger partial charge in [0.1, 0.15) is 0 Å². The van der Waals surface area contributed by atoms with E-state index < -0.39 is 0 Å². The summed E-state index contributed by atoms with van der Waals surface area (Å²) >= 11 is 0. The van der Waals surface area contributed by atoms with Crippen LogP contribution in [0.2, 0.25) is 0 Å². The van der Waals surface area contributed by atoms with Crippen LogP contribution in [-0.2, 0) is 9.53 Å². The largest absolute Gasteiger partial charge is 0.469 e. The zero-order valence-electron chi connectivity index (χ0n) is 10.9. The molecule has 0 N–H and O–H groups in total. The van der Waals surface area contributed by atoms with Crippen molar-refractivity contribution in [3.8, 4) is 0 Å². The van der Waals surface area contributed by atoms with Crippen molar-refractivity contribution >= 4 is 11.9 Å². The fourth-order valence-electron chi connectivity index (χ4n) is 1.64. The molecule has 0 aliphatic rings. The average molecular weight is 250 g/mol. The van der Waals surface area contributed by atoms with Gasteiger partial charge < -0.3 is 9.64 Å². The van der Waals surface area contributed by atoms with E-state index in [1.54, 1.807) is 36.4 Å². The minimum atomic E-state index is -0.333. The topological polar surface area (TPSA) is 59.5 Å². The molecule has 18 heavy (non-hydrogen) atoms. The van der Waals surface area contributed by atoms with Gasteiger partial charge >= 0.3 is 5.97 Å². The number of aromatic nitrogens is 1. The first-order valence-corrected chi connectivity index (χ1v) is 5.87. The predicted molar refractivity (Wildman–Crippen MR) is 67.0 cm³/mol. The number of carbonyl (C=O) groups is 2. The lowest BCUT2D eigenvalue weighted by Crippen LogP contribution is -2.37. The lowest BCUT2D eigenvalue weighted by Gasteiger charge is -2.23. The van der Waals surface area contributed by atoms with E-state index in [1.165, 1.54) is 7.11 Å². The van der Waals surface area contributed by atoms with Crippen molar-refractivity contribution in [1.82, 2.24) is 9.88 Å². The summed E-state index contributed by atoms with van der Waals surface area (Å²) in [6, 6.07) is 3.32.